The van der Waals surface area contributed by atoms with E-state index in [0.717, 1.165) is 21.9 Å². The van der Waals surface area contributed by atoms with Crippen LogP contribution in [0, 0.1) is 0 Å². The number of nitrogens with two attached hydrogens (primary N) is 1. The number of primary amides is 1. The summed E-state index contributed by atoms with van der Waals surface area (Å²) < 4.78 is 5.75. The largest absolute Gasteiger partial charge is 0.492 e. The van der Waals surface area contributed by atoms with Crippen molar-refractivity contribution in [1.29, 1.82) is 0 Å². The first-order chi connectivity index (χ1) is 8.66. The molecule has 1 unspecified atom stereocenters. The number of amides is 1. The molecule has 1 atom stereocenters. The predicted molar refractivity (Wildman–Crippen MR) is 70.0 cm³/mol. The van der Waals surface area contributed by atoms with Gasteiger partial charge in [-0.15, -0.1) is 11.3 Å². The lowest BCUT2D eigenvalue weighted by atomic mass is 10.1. The van der Waals surface area contributed by atoms with Gasteiger partial charge >= 0.3 is 0 Å². The molecule has 1 aromatic carbocycles. The summed E-state index contributed by atoms with van der Waals surface area (Å²) in [5, 5.41) is 0.364. The molecule has 1 aliphatic heterocycles. The van der Waals surface area contributed by atoms with E-state index in [-0.39, 0.29) is 5.92 Å². The molecule has 0 radical (unpaired) electrons. The number of benzene rings is 1. The molecule has 1 amide bonds. The van der Waals surface area contributed by atoms with Crippen LogP contribution in [0.2, 0.25) is 0 Å². The summed E-state index contributed by atoms with van der Waals surface area (Å²) in [5.41, 5.74) is 7.07. The molecule has 0 spiro atoms. The number of ether oxygens (including phenoxy) is 1. The van der Waals surface area contributed by atoms with E-state index < -0.39 is 5.91 Å². The summed E-state index contributed by atoms with van der Waals surface area (Å²) in [6, 6.07) is 7.73. The first-order valence-corrected chi connectivity index (χ1v) is 6.51. The molecule has 0 bridgehead atoms. The number of carbonyl (C=O) groups excluding carboxylic acids is 1. The molecular weight excluding hydrogens is 248 g/mol. The van der Waals surface area contributed by atoms with E-state index in [2.05, 4.69) is 11.9 Å². The molecule has 3 rings (SSSR count). The number of carbonyl (C=O) groups is 1. The van der Waals surface area contributed by atoms with Crippen LogP contribution < -0.4 is 10.5 Å². The fourth-order valence-corrected chi connectivity index (χ4v) is 3.01. The van der Waals surface area contributed by atoms with Gasteiger partial charge in [0.15, 0.2) is 5.01 Å². The zero-order chi connectivity index (χ0) is 12.7. The quantitative estimate of drug-likeness (QED) is 0.856. The van der Waals surface area contributed by atoms with Gasteiger partial charge in [0.05, 0.1) is 12.3 Å². The molecule has 5 heteroatoms. The van der Waals surface area contributed by atoms with E-state index in [4.69, 9.17) is 10.5 Å². The van der Waals surface area contributed by atoms with E-state index in [9.17, 15) is 4.79 Å². The molecular formula is C13H12N2O2S. The number of hydrogen-bond acceptors (Lipinski definition) is 4. The molecule has 1 aromatic heterocycles. The lowest BCUT2D eigenvalue weighted by Crippen LogP contribution is -2.10. The Hall–Kier alpha value is -1.88. The molecule has 92 valence electrons. The summed E-state index contributed by atoms with van der Waals surface area (Å²) in [5.74, 6) is 0.543. The minimum atomic E-state index is -0.473. The first-order valence-electron chi connectivity index (χ1n) is 5.69. The van der Waals surface area contributed by atoms with Gasteiger partial charge in [0.1, 0.15) is 5.75 Å². The summed E-state index contributed by atoms with van der Waals surface area (Å²) in [6.07, 6.45) is 0. The van der Waals surface area contributed by atoms with Crippen molar-refractivity contribution in [3.63, 3.8) is 0 Å². The second kappa shape index (κ2) is 4.10. The smallest absolute Gasteiger partial charge is 0.277 e. The first kappa shape index (κ1) is 11.2. The van der Waals surface area contributed by atoms with Crippen LogP contribution in [0.4, 0.5) is 0 Å². The summed E-state index contributed by atoms with van der Waals surface area (Å²) in [4.78, 5) is 16.7. The van der Waals surface area contributed by atoms with E-state index in [1.807, 2.05) is 24.3 Å². The van der Waals surface area contributed by atoms with Crippen LogP contribution >= 0.6 is 11.3 Å². The third kappa shape index (κ3) is 1.67. The van der Waals surface area contributed by atoms with Crippen molar-refractivity contribution < 1.29 is 9.53 Å². The normalized spacial score (nSPS) is 17.3. The third-order valence-electron chi connectivity index (χ3n) is 2.94. The van der Waals surface area contributed by atoms with Crippen LogP contribution in [0.3, 0.4) is 0 Å². The van der Waals surface area contributed by atoms with E-state index in [1.54, 1.807) is 0 Å². The Morgan fingerprint density at radius 2 is 2.28 bits per heavy atom. The molecule has 4 nitrogen and oxygen atoms in total. The lowest BCUT2D eigenvalue weighted by molar-refractivity contribution is 0.1000. The average Bonchev–Trinajstić information content (AvgIpc) is 2.76. The van der Waals surface area contributed by atoms with Crippen LogP contribution in [0.15, 0.2) is 24.3 Å². The monoisotopic (exact) mass is 260 g/mol. The highest BCUT2D eigenvalue weighted by atomic mass is 32.1. The van der Waals surface area contributed by atoms with Gasteiger partial charge < -0.3 is 10.5 Å². The minimum absolute atomic E-state index is 0.206. The highest BCUT2D eigenvalue weighted by molar-refractivity contribution is 7.14. The summed E-state index contributed by atoms with van der Waals surface area (Å²) >= 11 is 1.36. The molecule has 1 aliphatic rings. The van der Waals surface area contributed by atoms with Gasteiger partial charge in [-0.3, -0.25) is 4.79 Å². The van der Waals surface area contributed by atoms with Crippen LogP contribution in [-0.2, 0) is 0 Å². The maximum absolute atomic E-state index is 11.3. The number of nitrogens with zero attached hydrogens (tertiary/aromatic N) is 1. The fourth-order valence-electron chi connectivity index (χ4n) is 2.04. The third-order valence-corrected chi connectivity index (χ3v) is 4.24. The van der Waals surface area contributed by atoms with Gasteiger partial charge in [-0.1, -0.05) is 19.1 Å². The van der Waals surface area contributed by atoms with Crippen molar-refractivity contribution in [2.45, 2.75) is 12.8 Å². The van der Waals surface area contributed by atoms with Crippen LogP contribution in [-0.4, -0.2) is 17.5 Å². The number of fused-ring (bicyclic) bond motifs is 3. The Labute approximate surface area is 108 Å². The van der Waals surface area contributed by atoms with Crippen molar-refractivity contribution in [3.8, 4) is 17.0 Å². The van der Waals surface area contributed by atoms with Crippen LogP contribution in [0.5, 0.6) is 5.75 Å². The Kier molecular flexibility index (Phi) is 2.56. The molecule has 0 aliphatic carbocycles. The maximum Gasteiger partial charge on any atom is 0.277 e. The highest BCUT2D eigenvalue weighted by Crippen LogP contribution is 2.41. The second-order valence-electron chi connectivity index (χ2n) is 4.30. The van der Waals surface area contributed by atoms with Crippen molar-refractivity contribution in [1.82, 2.24) is 4.98 Å². The van der Waals surface area contributed by atoms with Gasteiger partial charge in [-0.25, -0.2) is 4.98 Å². The lowest BCUT2D eigenvalue weighted by Gasteiger charge is -2.07. The topological polar surface area (TPSA) is 65.2 Å². The molecule has 0 fully saturated rings. The van der Waals surface area contributed by atoms with Crippen molar-refractivity contribution in [3.05, 3.63) is 34.2 Å². The Morgan fingerprint density at radius 3 is 3.06 bits per heavy atom. The summed E-state index contributed by atoms with van der Waals surface area (Å²) in [6.45, 7) is 2.65. The number of thiazole rings is 1. The molecule has 2 N–H and O–H groups in total. The SMILES string of the molecule is CC1COc2ccccc2-c2nc(C(N)=O)sc21. The molecule has 0 saturated carbocycles. The molecule has 2 aromatic rings. The fraction of sp³-hybridized carbons (Fsp3) is 0.231. The van der Waals surface area contributed by atoms with E-state index in [1.165, 1.54) is 11.3 Å². The van der Waals surface area contributed by atoms with Crippen molar-refractivity contribution in [2.24, 2.45) is 5.73 Å². The Morgan fingerprint density at radius 1 is 1.50 bits per heavy atom. The van der Waals surface area contributed by atoms with E-state index >= 15 is 0 Å². The molecule has 2 heterocycles. The highest BCUT2D eigenvalue weighted by Gasteiger charge is 2.25. The maximum atomic E-state index is 11.3. The predicted octanol–water partition coefficient (Wildman–Crippen LogP) is 2.40. The number of aromatic nitrogens is 1. The van der Waals surface area contributed by atoms with Crippen LogP contribution in [0.1, 0.15) is 27.5 Å². The standard InChI is InChI=1S/C13H12N2O2S/c1-7-6-17-9-5-3-2-4-8(9)10-11(7)18-13(15-10)12(14)16/h2-5,7H,6H2,1H3,(H2,14,16). The van der Waals surface area contributed by atoms with Gasteiger partial charge in [0, 0.05) is 16.4 Å². The number of hydrogen-bond donors (Lipinski definition) is 1. The molecule has 0 saturated heterocycles. The van der Waals surface area contributed by atoms with Crippen molar-refractivity contribution >= 4 is 17.2 Å². The number of para-hydroxylation sites is 1. The zero-order valence-corrected chi connectivity index (χ0v) is 10.7. The van der Waals surface area contributed by atoms with Gasteiger partial charge in [0.2, 0.25) is 0 Å². The van der Waals surface area contributed by atoms with Crippen molar-refractivity contribution in [2.75, 3.05) is 6.61 Å². The minimum Gasteiger partial charge on any atom is -0.492 e. The number of rotatable bonds is 1. The van der Waals surface area contributed by atoms with Gasteiger partial charge in [0.25, 0.3) is 5.91 Å². The summed E-state index contributed by atoms with van der Waals surface area (Å²) in [7, 11) is 0. The van der Waals surface area contributed by atoms with E-state index in [0.29, 0.717) is 11.6 Å². The Balaban J connectivity index is 2.24. The van der Waals surface area contributed by atoms with Crippen LogP contribution in [0.25, 0.3) is 11.3 Å². The Bertz CT molecular complexity index is 621. The average molecular weight is 260 g/mol. The second-order valence-corrected chi connectivity index (χ2v) is 5.33. The van der Waals surface area contributed by atoms with Gasteiger partial charge in [-0.05, 0) is 12.1 Å². The molecule has 18 heavy (non-hydrogen) atoms. The van der Waals surface area contributed by atoms with Gasteiger partial charge in [-0.2, -0.15) is 0 Å². The zero-order valence-electron chi connectivity index (χ0n) is 9.84.